The van der Waals surface area contributed by atoms with E-state index in [4.69, 9.17) is 9.47 Å². The maximum Gasteiger partial charge on any atom is 0.338 e. The Morgan fingerprint density at radius 2 is 1.89 bits per heavy atom. The van der Waals surface area contributed by atoms with Crippen LogP contribution in [-0.4, -0.2) is 18.2 Å². The first-order valence-electron chi connectivity index (χ1n) is 5.79. The van der Waals surface area contributed by atoms with Crippen molar-refractivity contribution >= 4 is 5.97 Å². The van der Waals surface area contributed by atoms with Crippen LogP contribution < -0.4 is 4.74 Å². The molecule has 0 amide bonds. The Morgan fingerprint density at radius 1 is 1.16 bits per heavy atom. The van der Waals surface area contributed by atoms with Crippen LogP contribution in [-0.2, 0) is 11.3 Å². The molecule has 0 unspecified atom stereocenters. The van der Waals surface area contributed by atoms with Crippen LogP contribution in [0.15, 0.2) is 48.5 Å². The molecule has 4 nitrogen and oxygen atoms in total. The van der Waals surface area contributed by atoms with Crippen LogP contribution in [0, 0.1) is 0 Å². The van der Waals surface area contributed by atoms with Gasteiger partial charge in [0, 0.05) is 0 Å². The molecule has 0 saturated heterocycles. The Bertz CT molecular complexity index is 564. The van der Waals surface area contributed by atoms with E-state index in [9.17, 15) is 9.90 Å². The number of rotatable bonds is 4. The molecule has 0 atom stereocenters. The second-order valence-corrected chi connectivity index (χ2v) is 3.95. The minimum Gasteiger partial charge on any atom is -0.504 e. The molecule has 0 aliphatic heterocycles. The molecule has 0 bridgehead atoms. The van der Waals surface area contributed by atoms with Crippen molar-refractivity contribution in [2.75, 3.05) is 7.11 Å². The topological polar surface area (TPSA) is 55.8 Å². The summed E-state index contributed by atoms with van der Waals surface area (Å²) >= 11 is 0. The highest BCUT2D eigenvalue weighted by atomic mass is 16.5. The highest BCUT2D eigenvalue weighted by Crippen LogP contribution is 2.26. The van der Waals surface area contributed by atoms with E-state index in [1.807, 2.05) is 30.3 Å². The summed E-state index contributed by atoms with van der Waals surface area (Å²) in [5.41, 5.74) is 1.20. The number of phenols is 1. The van der Waals surface area contributed by atoms with Crippen LogP contribution in [0.4, 0.5) is 0 Å². The van der Waals surface area contributed by atoms with Crippen LogP contribution >= 0.6 is 0 Å². The van der Waals surface area contributed by atoms with E-state index < -0.39 is 5.97 Å². The van der Waals surface area contributed by atoms with Crippen molar-refractivity contribution < 1.29 is 19.4 Å². The van der Waals surface area contributed by atoms with Gasteiger partial charge in [0.05, 0.1) is 12.7 Å². The smallest absolute Gasteiger partial charge is 0.338 e. The van der Waals surface area contributed by atoms with E-state index in [2.05, 4.69) is 0 Å². The zero-order valence-electron chi connectivity index (χ0n) is 10.5. The molecule has 1 N–H and O–H groups in total. The second-order valence-electron chi connectivity index (χ2n) is 3.95. The van der Waals surface area contributed by atoms with Crippen molar-refractivity contribution in [2.45, 2.75) is 6.61 Å². The Kier molecular flexibility index (Phi) is 4.03. The van der Waals surface area contributed by atoms with E-state index in [0.29, 0.717) is 5.75 Å². The zero-order chi connectivity index (χ0) is 13.7. The molecular formula is C15H14O4. The molecule has 0 radical (unpaired) electrons. The van der Waals surface area contributed by atoms with Gasteiger partial charge in [-0.1, -0.05) is 30.3 Å². The maximum absolute atomic E-state index is 11.8. The number of benzene rings is 2. The lowest BCUT2D eigenvalue weighted by atomic mass is 10.2. The third-order valence-corrected chi connectivity index (χ3v) is 2.63. The number of esters is 1. The van der Waals surface area contributed by atoms with E-state index in [0.717, 1.165) is 5.56 Å². The fourth-order valence-electron chi connectivity index (χ4n) is 1.62. The average Bonchev–Trinajstić information content (AvgIpc) is 2.45. The molecule has 4 heteroatoms. The monoisotopic (exact) mass is 258 g/mol. The maximum atomic E-state index is 11.8. The number of hydrogen-bond donors (Lipinski definition) is 1. The summed E-state index contributed by atoms with van der Waals surface area (Å²) in [6, 6.07) is 13.8. The van der Waals surface area contributed by atoms with Gasteiger partial charge in [0.1, 0.15) is 6.61 Å². The third-order valence-electron chi connectivity index (χ3n) is 2.63. The molecule has 0 aliphatic rings. The second kappa shape index (κ2) is 5.91. The van der Waals surface area contributed by atoms with Gasteiger partial charge in [-0.2, -0.15) is 0 Å². The first kappa shape index (κ1) is 13.0. The van der Waals surface area contributed by atoms with Gasteiger partial charge in [0.15, 0.2) is 11.5 Å². The van der Waals surface area contributed by atoms with Gasteiger partial charge >= 0.3 is 5.97 Å². The molecule has 0 aliphatic carbocycles. The Labute approximate surface area is 111 Å². The third kappa shape index (κ3) is 3.25. The minimum absolute atomic E-state index is 0.0864. The Hall–Kier alpha value is -2.49. The molecule has 19 heavy (non-hydrogen) atoms. The number of hydrogen-bond acceptors (Lipinski definition) is 4. The van der Waals surface area contributed by atoms with Gasteiger partial charge in [0.2, 0.25) is 0 Å². The van der Waals surface area contributed by atoms with Crippen LogP contribution in [0.1, 0.15) is 15.9 Å². The number of carbonyl (C=O) groups is 1. The number of ether oxygens (including phenoxy) is 2. The molecule has 0 saturated carbocycles. The fraction of sp³-hybridized carbons (Fsp3) is 0.133. The lowest BCUT2D eigenvalue weighted by molar-refractivity contribution is 0.0472. The van der Waals surface area contributed by atoms with Crippen LogP contribution in [0.25, 0.3) is 0 Å². The lowest BCUT2D eigenvalue weighted by Gasteiger charge is -2.07. The number of carbonyl (C=O) groups excluding carboxylic acids is 1. The summed E-state index contributed by atoms with van der Waals surface area (Å²) in [5.74, 6) is -0.252. The molecule has 0 fully saturated rings. The normalized spacial score (nSPS) is 9.95. The quantitative estimate of drug-likeness (QED) is 0.857. The van der Waals surface area contributed by atoms with Crippen molar-refractivity contribution in [3.8, 4) is 11.5 Å². The number of aromatic hydroxyl groups is 1. The van der Waals surface area contributed by atoms with Gasteiger partial charge < -0.3 is 14.6 Å². The van der Waals surface area contributed by atoms with Crippen LogP contribution in [0.2, 0.25) is 0 Å². The van der Waals surface area contributed by atoms with Gasteiger partial charge in [-0.15, -0.1) is 0 Å². The zero-order valence-corrected chi connectivity index (χ0v) is 10.5. The molecular weight excluding hydrogens is 244 g/mol. The van der Waals surface area contributed by atoms with E-state index >= 15 is 0 Å². The predicted octanol–water partition coefficient (Wildman–Crippen LogP) is 2.76. The fourth-order valence-corrected chi connectivity index (χ4v) is 1.62. The number of phenolic OH excluding ortho intramolecular Hbond substituents is 1. The molecule has 2 aromatic rings. The standard InChI is InChI=1S/C15H14O4/c1-18-14-8-7-12(9-13(14)16)15(17)19-10-11-5-3-2-4-6-11/h2-9,16H,10H2,1H3. The largest absolute Gasteiger partial charge is 0.504 e. The van der Waals surface area contributed by atoms with Crippen molar-refractivity contribution in [1.29, 1.82) is 0 Å². The summed E-state index contributed by atoms with van der Waals surface area (Å²) in [5, 5.41) is 9.59. The lowest BCUT2D eigenvalue weighted by Crippen LogP contribution is -2.05. The minimum atomic E-state index is -0.484. The molecule has 0 aromatic heterocycles. The van der Waals surface area contributed by atoms with E-state index in [1.54, 1.807) is 6.07 Å². The van der Waals surface area contributed by atoms with E-state index in [1.165, 1.54) is 19.2 Å². The summed E-state index contributed by atoms with van der Waals surface area (Å²) < 4.78 is 10.1. The van der Waals surface area contributed by atoms with Crippen LogP contribution in [0.5, 0.6) is 11.5 Å². The van der Waals surface area contributed by atoms with Crippen molar-refractivity contribution in [3.63, 3.8) is 0 Å². The number of methoxy groups -OCH3 is 1. The summed E-state index contributed by atoms with van der Waals surface area (Å²) in [6.45, 7) is 0.201. The van der Waals surface area contributed by atoms with Gasteiger partial charge in [-0.05, 0) is 23.8 Å². The van der Waals surface area contributed by atoms with Gasteiger partial charge in [-0.3, -0.25) is 0 Å². The molecule has 98 valence electrons. The predicted molar refractivity (Wildman–Crippen MR) is 70.2 cm³/mol. The SMILES string of the molecule is COc1ccc(C(=O)OCc2ccccc2)cc1O. The summed E-state index contributed by atoms with van der Waals surface area (Å²) in [7, 11) is 1.45. The Morgan fingerprint density at radius 3 is 2.53 bits per heavy atom. The first-order chi connectivity index (χ1) is 9.20. The van der Waals surface area contributed by atoms with Gasteiger partial charge in [0.25, 0.3) is 0 Å². The van der Waals surface area contributed by atoms with Gasteiger partial charge in [-0.25, -0.2) is 4.79 Å². The van der Waals surface area contributed by atoms with Crippen LogP contribution in [0.3, 0.4) is 0 Å². The summed E-state index contributed by atoms with van der Waals surface area (Å²) in [6.07, 6.45) is 0. The van der Waals surface area contributed by atoms with E-state index in [-0.39, 0.29) is 17.9 Å². The van der Waals surface area contributed by atoms with Crippen molar-refractivity contribution in [2.24, 2.45) is 0 Å². The molecule has 0 heterocycles. The highest BCUT2D eigenvalue weighted by molar-refractivity contribution is 5.90. The average molecular weight is 258 g/mol. The highest BCUT2D eigenvalue weighted by Gasteiger charge is 2.10. The molecule has 2 rings (SSSR count). The summed E-state index contributed by atoms with van der Waals surface area (Å²) in [4.78, 5) is 11.8. The molecule has 2 aromatic carbocycles. The first-order valence-corrected chi connectivity index (χ1v) is 5.79. The molecule has 0 spiro atoms. The Balaban J connectivity index is 2.02. The van der Waals surface area contributed by atoms with Crippen molar-refractivity contribution in [1.82, 2.24) is 0 Å². The van der Waals surface area contributed by atoms with Crippen molar-refractivity contribution in [3.05, 3.63) is 59.7 Å².